The number of carbonyl (C=O) groups is 1. The van der Waals surface area contributed by atoms with E-state index in [0.29, 0.717) is 12.2 Å². The zero-order valence-corrected chi connectivity index (χ0v) is 15.7. The van der Waals surface area contributed by atoms with E-state index in [1.165, 1.54) is 0 Å². The maximum atomic E-state index is 11.1. The van der Waals surface area contributed by atoms with Crippen molar-refractivity contribution in [2.45, 2.75) is 38.8 Å². The van der Waals surface area contributed by atoms with Crippen LogP contribution in [0, 0.1) is 0 Å². The molecule has 0 bridgehead atoms. The second kappa shape index (κ2) is 7.23. The van der Waals surface area contributed by atoms with Crippen LogP contribution in [-0.4, -0.2) is 40.7 Å². The Labute approximate surface area is 152 Å². The van der Waals surface area contributed by atoms with Crippen molar-refractivity contribution in [2.75, 3.05) is 19.7 Å². The van der Waals surface area contributed by atoms with E-state index in [-0.39, 0.29) is 11.5 Å². The van der Waals surface area contributed by atoms with Gasteiger partial charge in [0, 0.05) is 30.4 Å². The van der Waals surface area contributed by atoms with E-state index >= 15 is 0 Å². The van der Waals surface area contributed by atoms with Crippen molar-refractivity contribution in [3.63, 3.8) is 0 Å². The minimum absolute atomic E-state index is 0.0162. The number of aromatic carboxylic acids is 1. The summed E-state index contributed by atoms with van der Waals surface area (Å²) in [6, 6.07) is 7.14. The van der Waals surface area contributed by atoms with Crippen LogP contribution in [0.2, 0.25) is 0 Å². The molecule has 1 saturated heterocycles. The van der Waals surface area contributed by atoms with Crippen LogP contribution in [0.25, 0.3) is 0 Å². The van der Waals surface area contributed by atoms with E-state index in [1.807, 2.05) is 6.07 Å². The predicted octanol–water partition coefficient (Wildman–Crippen LogP) is 3.71. The molecule has 0 radical (unpaired) electrons. The number of hydrogen-bond donors (Lipinski definition) is 1. The Kier molecular flexibility index (Phi) is 5.22. The molecule has 3 rings (SSSR count). The quantitative estimate of drug-likeness (QED) is 0.900. The fraction of sp³-hybridized carbons (Fsp3) is 0.474. The van der Waals surface area contributed by atoms with Crippen LogP contribution in [0.5, 0.6) is 0 Å². The van der Waals surface area contributed by atoms with E-state index in [9.17, 15) is 4.79 Å². The first-order valence-corrected chi connectivity index (χ1v) is 9.33. The molecule has 6 heteroatoms. The van der Waals surface area contributed by atoms with Crippen LogP contribution in [0.4, 0.5) is 0 Å². The maximum absolute atomic E-state index is 11.1. The SMILES string of the molecule is CC(C)(C)c1csc(C2CN(Cc3cccc(C(=O)O)c3)CCO2)n1. The van der Waals surface area contributed by atoms with Crippen molar-refractivity contribution in [1.29, 1.82) is 0 Å². The van der Waals surface area contributed by atoms with Crippen LogP contribution in [0.3, 0.4) is 0 Å². The van der Waals surface area contributed by atoms with Crippen LogP contribution >= 0.6 is 11.3 Å². The lowest BCUT2D eigenvalue weighted by molar-refractivity contribution is -0.0331. The van der Waals surface area contributed by atoms with Crippen molar-refractivity contribution in [3.8, 4) is 0 Å². The molecule has 1 aliphatic heterocycles. The highest BCUT2D eigenvalue weighted by Gasteiger charge is 2.26. The molecule has 1 aromatic carbocycles. The highest BCUT2D eigenvalue weighted by atomic mass is 32.1. The number of aromatic nitrogens is 1. The summed E-state index contributed by atoms with van der Waals surface area (Å²) < 4.78 is 5.93. The Balaban J connectivity index is 1.68. The molecular weight excluding hydrogens is 336 g/mol. The molecule has 2 aromatic rings. The van der Waals surface area contributed by atoms with Gasteiger partial charge in [0.25, 0.3) is 0 Å². The Morgan fingerprint density at radius 2 is 2.24 bits per heavy atom. The van der Waals surface area contributed by atoms with Gasteiger partial charge in [-0.15, -0.1) is 11.3 Å². The third kappa shape index (κ3) is 4.45. The molecule has 1 N–H and O–H groups in total. The van der Waals surface area contributed by atoms with Crippen LogP contribution in [-0.2, 0) is 16.7 Å². The molecule has 0 saturated carbocycles. The number of rotatable bonds is 4. The van der Waals surface area contributed by atoms with Gasteiger partial charge >= 0.3 is 5.97 Å². The standard InChI is InChI=1S/C19H24N2O3S/c1-19(2,3)16-12-25-17(20-16)15-11-21(7-8-24-15)10-13-5-4-6-14(9-13)18(22)23/h4-6,9,12,15H,7-8,10-11H2,1-3H3,(H,22,23). The number of morpholine rings is 1. The lowest BCUT2D eigenvalue weighted by atomic mass is 9.93. The van der Waals surface area contributed by atoms with Crippen molar-refractivity contribution in [2.24, 2.45) is 0 Å². The van der Waals surface area contributed by atoms with Crippen LogP contribution < -0.4 is 0 Å². The number of benzene rings is 1. The Bertz CT molecular complexity index is 751. The van der Waals surface area contributed by atoms with Crippen LogP contribution in [0.1, 0.15) is 53.5 Å². The molecule has 5 nitrogen and oxygen atoms in total. The van der Waals surface area contributed by atoms with Gasteiger partial charge in [-0.1, -0.05) is 32.9 Å². The summed E-state index contributed by atoms with van der Waals surface area (Å²) in [5.41, 5.74) is 2.48. The smallest absolute Gasteiger partial charge is 0.335 e. The summed E-state index contributed by atoms with van der Waals surface area (Å²) in [7, 11) is 0. The molecule has 134 valence electrons. The molecule has 1 aromatic heterocycles. The summed E-state index contributed by atoms with van der Waals surface area (Å²) in [6.45, 7) is 9.48. The molecule has 1 atom stereocenters. The fourth-order valence-corrected chi connectivity index (χ4v) is 3.92. The third-order valence-corrected chi connectivity index (χ3v) is 5.23. The number of carboxylic acids is 1. The Hall–Kier alpha value is -1.76. The summed E-state index contributed by atoms with van der Waals surface area (Å²) in [5.74, 6) is -0.890. The van der Waals surface area contributed by atoms with Gasteiger partial charge < -0.3 is 9.84 Å². The van der Waals surface area contributed by atoms with Crippen molar-refractivity contribution in [3.05, 3.63) is 51.5 Å². The maximum Gasteiger partial charge on any atom is 0.335 e. The summed E-state index contributed by atoms with van der Waals surface area (Å²) in [5, 5.41) is 12.3. The monoisotopic (exact) mass is 360 g/mol. The third-order valence-electron chi connectivity index (χ3n) is 4.30. The second-order valence-electron chi connectivity index (χ2n) is 7.42. The van der Waals surface area contributed by atoms with Gasteiger partial charge in [0.2, 0.25) is 0 Å². The molecule has 2 heterocycles. The number of thiazole rings is 1. The average molecular weight is 360 g/mol. The number of hydrogen-bond acceptors (Lipinski definition) is 5. The predicted molar refractivity (Wildman–Crippen MR) is 98.2 cm³/mol. The van der Waals surface area contributed by atoms with E-state index in [0.717, 1.165) is 35.9 Å². The zero-order valence-electron chi connectivity index (χ0n) is 14.9. The van der Waals surface area contributed by atoms with Gasteiger partial charge in [-0.05, 0) is 17.7 Å². The molecule has 0 spiro atoms. The number of ether oxygens (including phenoxy) is 1. The summed E-state index contributed by atoms with van der Waals surface area (Å²) >= 11 is 1.66. The molecule has 1 aliphatic rings. The van der Waals surface area contributed by atoms with Crippen molar-refractivity contribution >= 4 is 17.3 Å². The minimum atomic E-state index is -0.890. The van der Waals surface area contributed by atoms with Crippen molar-refractivity contribution < 1.29 is 14.6 Å². The number of carboxylic acid groups (broad SMARTS) is 1. The fourth-order valence-electron chi connectivity index (χ4n) is 2.84. The molecular formula is C19H24N2O3S. The molecule has 25 heavy (non-hydrogen) atoms. The molecule has 0 amide bonds. The van der Waals surface area contributed by atoms with Gasteiger partial charge in [0.05, 0.1) is 17.9 Å². The normalized spacial score (nSPS) is 19.1. The van der Waals surface area contributed by atoms with Crippen molar-refractivity contribution in [1.82, 2.24) is 9.88 Å². The highest BCUT2D eigenvalue weighted by molar-refractivity contribution is 7.09. The second-order valence-corrected chi connectivity index (χ2v) is 8.31. The Morgan fingerprint density at radius 3 is 2.92 bits per heavy atom. The summed E-state index contributed by atoms with van der Waals surface area (Å²) in [4.78, 5) is 18.2. The van der Waals surface area contributed by atoms with Gasteiger partial charge in [-0.2, -0.15) is 0 Å². The molecule has 1 fully saturated rings. The number of nitrogens with zero attached hydrogens (tertiary/aromatic N) is 2. The summed E-state index contributed by atoms with van der Waals surface area (Å²) in [6.07, 6.45) is -0.0162. The van der Waals surface area contributed by atoms with Gasteiger partial charge in [0.1, 0.15) is 11.1 Å². The first-order valence-electron chi connectivity index (χ1n) is 8.45. The first kappa shape index (κ1) is 18.0. The molecule has 1 unspecified atom stereocenters. The van der Waals surface area contributed by atoms with E-state index < -0.39 is 5.97 Å². The topological polar surface area (TPSA) is 62.7 Å². The zero-order chi connectivity index (χ0) is 18.0. The van der Waals surface area contributed by atoms with E-state index in [2.05, 4.69) is 31.1 Å². The van der Waals surface area contributed by atoms with E-state index in [4.69, 9.17) is 14.8 Å². The van der Waals surface area contributed by atoms with Crippen LogP contribution in [0.15, 0.2) is 29.6 Å². The first-order chi connectivity index (χ1) is 11.8. The largest absolute Gasteiger partial charge is 0.478 e. The van der Waals surface area contributed by atoms with Gasteiger partial charge in [0.15, 0.2) is 0 Å². The van der Waals surface area contributed by atoms with Gasteiger partial charge in [-0.25, -0.2) is 9.78 Å². The lowest BCUT2D eigenvalue weighted by Crippen LogP contribution is -2.37. The van der Waals surface area contributed by atoms with Gasteiger partial charge in [-0.3, -0.25) is 4.90 Å². The minimum Gasteiger partial charge on any atom is -0.478 e. The average Bonchev–Trinajstić information content (AvgIpc) is 3.06. The molecule has 0 aliphatic carbocycles. The lowest BCUT2D eigenvalue weighted by Gasteiger charge is -2.32. The van der Waals surface area contributed by atoms with E-state index in [1.54, 1.807) is 29.5 Å². The highest BCUT2D eigenvalue weighted by Crippen LogP contribution is 2.30. The Morgan fingerprint density at radius 1 is 1.44 bits per heavy atom.